The lowest BCUT2D eigenvalue weighted by Crippen LogP contribution is -2.43. The molecule has 1 aliphatic rings. The zero-order valence-corrected chi connectivity index (χ0v) is 11.0. The molecule has 2 rings (SSSR count). The predicted molar refractivity (Wildman–Crippen MR) is 70.1 cm³/mol. The molecule has 1 heterocycles. The van der Waals surface area contributed by atoms with Crippen LogP contribution in [0.15, 0.2) is 30.3 Å². The molecule has 1 aliphatic heterocycles. The van der Waals surface area contributed by atoms with Crippen LogP contribution in [0.25, 0.3) is 0 Å². The number of alkyl halides is 1. The van der Waals surface area contributed by atoms with Crippen LogP contribution in [-0.2, 0) is 11.2 Å². The van der Waals surface area contributed by atoms with Gasteiger partial charge in [0.15, 0.2) is 0 Å². The molecule has 2 nitrogen and oxygen atoms in total. The Labute approximate surface area is 106 Å². The maximum Gasteiger partial charge on any atom is 0.0799 e. The van der Waals surface area contributed by atoms with Crippen LogP contribution >= 0.6 is 15.9 Å². The molecule has 1 atom stereocenters. The number of morpholine rings is 1. The molecule has 16 heavy (non-hydrogen) atoms. The highest BCUT2D eigenvalue weighted by molar-refractivity contribution is 9.09. The molecule has 0 aromatic heterocycles. The summed E-state index contributed by atoms with van der Waals surface area (Å²) in [5.41, 5.74) is 1.42. The van der Waals surface area contributed by atoms with Gasteiger partial charge in [-0.2, -0.15) is 0 Å². The molecule has 0 saturated carbocycles. The second kappa shape index (κ2) is 6.38. The van der Waals surface area contributed by atoms with E-state index in [4.69, 9.17) is 4.74 Å². The van der Waals surface area contributed by atoms with Gasteiger partial charge in [0.25, 0.3) is 0 Å². The molecule has 0 aliphatic carbocycles. The fraction of sp³-hybridized carbons (Fsp3) is 0.538. The summed E-state index contributed by atoms with van der Waals surface area (Å²) in [5, 5.41) is 0.939. The van der Waals surface area contributed by atoms with Gasteiger partial charge in [-0.05, 0) is 12.0 Å². The molecule has 1 fully saturated rings. The number of ether oxygens (including phenoxy) is 1. The van der Waals surface area contributed by atoms with E-state index in [1.54, 1.807) is 0 Å². The number of hydrogen-bond donors (Lipinski definition) is 0. The molecule has 1 unspecified atom stereocenters. The van der Waals surface area contributed by atoms with Gasteiger partial charge in [-0.15, -0.1) is 0 Å². The molecule has 0 radical (unpaired) electrons. The van der Waals surface area contributed by atoms with Crippen LogP contribution in [0.3, 0.4) is 0 Å². The summed E-state index contributed by atoms with van der Waals surface area (Å²) in [5.74, 6) is 0. The quantitative estimate of drug-likeness (QED) is 0.787. The Morgan fingerprint density at radius 2 is 2.12 bits per heavy atom. The van der Waals surface area contributed by atoms with Gasteiger partial charge in [0.2, 0.25) is 0 Å². The minimum absolute atomic E-state index is 0.365. The van der Waals surface area contributed by atoms with Crippen LogP contribution in [-0.4, -0.2) is 42.6 Å². The highest BCUT2D eigenvalue weighted by Gasteiger charge is 2.18. The molecule has 1 aromatic rings. The van der Waals surface area contributed by atoms with Crippen LogP contribution in [0.4, 0.5) is 0 Å². The minimum Gasteiger partial charge on any atom is -0.375 e. The first-order valence-electron chi connectivity index (χ1n) is 5.82. The van der Waals surface area contributed by atoms with Gasteiger partial charge in [0.1, 0.15) is 0 Å². The molecule has 88 valence electrons. The van der Waals surface area contributed by atoms with Crippen molar-refractivity contribution in [2.24, 2.45) is 0 Å². The van der Waals surface area contributed by atoms with Crippen molar-refractivity contribution in [3.05, 3.63) is 35.9 Å². The van der Waals surface area contributed by atoms with Crippen LogP contribution in [0, 0.1) is 0 Å². The molecule has 1 saturated heterocycles. The van der Waals surface area contributed by atoms with E-state index in [1.807, 2.05) is 0 Å². The Morgan fingerprint density at radius 3 is 2.88 bits per heavy atom. The first-order valence-corrected chi connectivity index (χ1v) is 6.94. The highest BCUT2D eigenvalue weighted by atomic mass is 79.9. The third kappa shape index (κ3) is 3.58. The van der Waals surface area contributed by atoms with E-state index in [2.05, 4.69) is 51.2 Å². The summed E-state index contributed by atoms with van der Waals surface area (Å²) in [7, 11) is 0. The Morgan fingerprint density at radius 1 is 1.31 bits per heavy atom. The molecular formula is C13H18BrNO. The Hall–Kier alpha value is -0.380. The minimum atomic E-state index is 0.365. The lowest BCUT2D eigenvalue weighted by atomic mass is 10.1. The van der Waals surface area contributed by atoms with Gasteiger partial charge < -0.3 is 4.74 Å². The number of hydrogen-bond acceptors (Lipinski definition) is 2. The summed E-state index contributed by atoms with van der Waals surface area (Å²) < 4.78 is 5.62. The fourth-order valence-electron chi connectivity index (χ4n) is 2.01. The molecule has 1 aromatic carbocycles. The lowest BCUT2D eigenvalue weighted by Gasteiger charge is -2.32. The van der Waals surface area contributed by atoms with Gasteiger partial charge in [-0.1, -0.05) is 46.3 Å². The Kier molecular flexibility index (Phi) is 4.82. The van der Waals surface area contributed by atoms with Crippen molar-refractivity contribution in [2.45, 2.75) is 12.5 Å². The van der Waals surface area contributed by atoms with E-state index < -0.39 is 0 Å². The number of benzene rings is 1. The zero-order chi connectivity index (χ0) is 11.2. The summed E-state index contributed by atoms with van der Waals surface area (Å²) in [4.78, 5) is 2.49. The van der Waals surface area contributed by atoms with Crippen molar-refractivity contribution in [2.75, 3.05) is 31.6 Å². The number of halogens is 1. The number of nitrogens with zero attached hydrogens (tertiary/aromatic N) is 1. The Balaban J connectivity index is 1.77. The topological polar surface area (TPSA) is 12.5 Å². The SMILES string of the molecule is BrCC1CN(CCc2ccccc2)CCO1. The lowest BCUT2D eigenvalue weighted by molar-refractivity contribution is -0.0146. The first-order chi connectivity index (χ1) is 7.88. The first kappa shape index (κ1) is 12.1. The average Bonchev–Trinajstić information content (AvgIpc) is 2.38. The van der Waals surface area contributed by atoms with Gasteiger partial charge in [-0.25, -0.2) is 0 Å². The van der Waals surface area contributed by atoms with Gasteiger partial charge in [0.05, 0.1) is 12.7 Å². The van der Waals surface area contributed by atoms with Crippen molar-refractivity contribution < 1.29 is 4.74 Å². The van der Waals surface area contributed by atoms with Crippen LogP contribution in [0.2, 0.25) is 0 Å². The molecule has 3 heteroatoms. The second-order valence-corrected chi connectivity index (χ2v) is 4.83. The average molecular weight is 284 g/mol. The van der Waals surface area contributed by atoms with Crippen LogP contribution in [0.1, 0.15) is 5.56 Å². The van der Waals surface area contributed by atoms with E-state index in [9.17, 15) is 0 Å². The summed E-state index contributed by atoms with van der Waals surface area (Å²) in [6, 6.07) is 10.7. The monoisotopic (exact) mass is 283 g/mol. The van der Waals surface area contributed by atoms with Crippen LogP contribution in [0.5, 0.6) is 0 Å². The molecule has 0 N–H and O–H groups in total. The third-order valence-corrected chi connectivity index (χ3v) is 3.68. The maximum absolute atomic E-state index is 5.62. The smallest absolute Gasteiger partial charge is 0.0799 e. The fourth-order valence-corrected chi connectivity index (χ4v) is 2.40. The normalized spacial score (nSPS) is 22.2. The van der Waals surface area contributed by atoms with Crippen molar-refractivity contribution in [3.63, 3.8) is 0 Å². The molecule has 0 bridgehead atoms. The van der Waals surface area contributed by atoms with Crippen LogP contribution < -0.4 is 0 Å². The van der Waals surface area contributed by atoms with Crippen molar-refractivity contribution in [1.29, 1.82) is 0 Å². The zero-order valence-electron chi connectivity index (χ0n) is 9.44. The molecular weight excluding hydrogens is 266 g/mol. The van der Waals surface area contributed by atoms with Crippen molar-refractivity contribution in [1.82, 2.24) is 4.90 Å². The second-order valence-electron chi connectivity index (χ2n) is 4.18. The molecule has 0 spiro atoms. The Bertz CT molecular complexity index is 304. The summed E-state index contributed by atoms with van der Waals surface area (Å²) in [6.07, 6.45) is 1.50. The van der Waals surface area contributed by atoms with E-state index in [1.165, 1.54) is 5.56 Å². The maximum atomic E-state index is 5.62. The largest absolute Gasteiger partial charge is 0.375 e. The van der Waals surface area contributed by atoms with E-state index >= 15 is 0 Å². The molecule has 0 amide bonds. The van der Waals surface area contributed by atoms with E-state index in [0.29, 0.717) is 6.10 Å². The summed E-state index contributed by atoms with van der Waals surface area (Å²) in [6.45, 7) is 4.12. The van der Waals surface area contributed by atoms with E-state index in [0.717, 1.165) is 38.0 Å². The van der Waals surface area contributed by atoms with Crippen molar-refractivity contribution >= 4 is 15.9 Å². The predicted octanol–water partition coefficient (Wildman–Crippen LogP) is 2.32. The van der Waals surface area contributed by atoms with Gasteiger partial charge in [0, 0.05) is 25.0 Å². The van der Waals surface area contributed by atoms with Gasteiger partial charge in [-0.3, -0.25) is 4.90 Å². The highest BCUT2D eigenvalue weighted by Crippen LogP contribution is 2.09. The third-order valence-electron chi connectivity index (χ3n) is 2.95. The standard InChI is InChI=1S/C13H18BrNO/c14-10-13-11-15(8-9-16-13)7-6-12-4-2-1-3-5-12/h1-5,13H,6-11H2. The summed E-state index contributed by atoms with van der Waals surface area (Å²) >= 11 is 3.48. The van der Waals surface area contributed by atoms with Crippen molar-refractivity contribution in [3.8, 4) is 0 Å². The van der Waals surface area contributed by atoms with Gasteiger partial charge >= 0.3 is 0 Å². The number of rotatable bonds is 4. The van der Waals surface area contributed by atoms with E-state index in [-0.39, 0.29) is 0 Å².